The molecule has 1 saturated carbocycles. The Morgan fingerprint density at radius 1 is 1.15 bits per heavy atom. The predicted octanol–water partition coefficient (Wildman–Crippen LogP) is 3.42. The quantitative estimate of drug-likeness (QED) is 0.909. The maximum Gasteiger partial charge on any atom is 0.254 e. The van der Waals surface area contributed by atoms with Crippen LogP contribution in [0.25, 0.3) is 0 Å². The molecule has 1 fully saturated rings. The number of nitrogens with one attached hydrogen (secondary N) is 1. The molecule has 0 heterocycles. The molecular weight excluding hydrogens is 253 g/mol. The van der Waals surface area contributed by atoms with Crippen LogP contribution in [-0.4, -0.2) is 11.9 Å². The second kappa shape index (κ2) is 5.08. The van der Waals surface area contributed by atoms with Gasteiger partial charge in [0.1, 0.15) is 5.82 Å². The van der Waals surface area contributed by atoms with E-state index in [1.54, 1.807) is 19.1 Å². The summed E-state index contributed by atoms with van der Waals surface area (Å²) in [5, 5.41) is 2.91. The van der Waals surface area contributed by atoms with Crippen molar-refractivity contribution in [1.29, 1.82) is 0 Å². The molecule has 3 rings (SSSR count). The van der Waals surface area contributed by atoms with Gasteiger partial charge < -0.3 is 5.32 Å². The molecule has 0 bridgehead atoms. The topological polar surface area (TPSA) is 29.1 Å². The van der Waals surface area contributed by atoms with Gasteiger partial charge in [0.15, 0.2) is 0 Å². The van der Waals surface area contributed by atoms with Gasteiger partial charge in [0.2, 0.25) is 0 Å². The smallest absolute Gasteiger partial charge is 0.254 e. The fourth-order valence-electron chi connectivity index (χ4n) is 2.49. The van der Waals surface area contributed by atoms with E-state index in [1.165, 1.54) is 11.6 Å². The molecule has 1 aliphatic carbocycles. The first-order valence-electron chi connectivity index (χ1n) is 6.77. The average Bonchev–Trinajstić information content (AvgIpc) is 3.22. The van der Waals surface area contributed by atoms with Crippen molar-refractivity contribution in [2.45, 2.75) is 25.3 Å². The Kier molecular flexibility index (Phi) is 3.26. The maximum atomic E-state index is 13.9. The first-order chi connectivity index (χ1) is 9.66. The summed E-state index contributed by atoms with van der Waals surface area (Å²) in [6.45, 7) is 1.66. The molecule has 20 heavy (non-hydrogen) atoms. The Labute approximate surface area is 117 Å². The lowest BCUT2D eigenvalue weighted by Crippen LogP contribution is -2.27. The Balaban J connectivity index is 1.68. The lowest BCUT2D eigenvalue weighted by molar-refractivity contribution is 0.0946. The van der Waals surface area contributed by atoms with Gasteiger partial charge in [-0.2, -0.15) is 0 Å². The average molecular weight is 269 g/mol. The zero-order chi connectivity index (χ0) is 14.1. The van der Waals surface area contributed by atoms with Gasteiger partial charge in [0, 0.05) is 12.0 Å². The van der Waals surface area contributed by atoms with Gasteiger partial charge in [-0.3, -0.25) is 4.79 Å². The van der Waals surface area contributed by atoms with Crippen LogP contribution in [0.5, 0.6) is 0 Å². The zero-order valence-electron chi connectivity index (χ0n) is 11.3. The van der Waals surface area contributed by atoms with E-state index in [4.69, 9.17) is 0 Å². The van der Waals surface area contributed by atoms with Crippen LogP contribution < -0.4 is 5.32 Å². The number of amides is 1. The van der Waals surface area contributed by atoms with Crippen LogP contribution in [0.15, 0.2) is 48.5 Å². The molecule has 3 heteroatoms. The summed E-state index contributed by atoms with van der Waals surface area (Å²) >= 11 is 0. The number of carbonyl (C=O) groups excluding carboxylic acids is 1. The Morgan fingerprint density at radius 3 is 2.65 bits per heavy atom. The first kappa shape index (κ1) is 12.9. The first-order valence-corrected chi connectivity index (χ1v) is 6.77. The molecule has 0 spiro atoms. The SMILES string of the molecule is Cc1cccc(C(=O)NC2CC2c2ccccc2)c1F. The number of hydrogen-bond donors (Lipinski definition) is 1. The van der Waals surface area contributed by atoms with Gasteiger partial charge >= 0.3 is 0 Å². The summed E-state index contributed by atoms with van der Waals surface area (Å²) in [7, 11) is 0. The molecule has 2 atom stereocenters. The van der Waals surface area contributed by atoms with Crippen LogP contribution in [-0.2, 0) is 0 Å². The van der Waals surface area contributed by atoms with Crippen LogP contribution in [0, 0.1) is 12.7 Å². The van der Waals surface area contributed by atoms with Crippen LogP contribution in [0.1, 0.15) is 33.8 Å². The fraction of sp³-hybridized carbons (Fsp3) is 0.235. The van der Waals surface area contributed by atoms with Crippen molar-refractivity contribution in [3.05, 3.63) is 71.0 Å². The van der Waals surface area contributed by atoms with Crippen molar-refractivity contribution >= 4 is 5.91 Å². The van der Waals surface area contributed by atoms with Gasteiger partial charge in [-0.25, -0.2) is 4.39 Å². The van der Waals surface area contributed by atoms with Crippen LogP contribution in [0.3, 0.4) is 0 Å². The second-order valence-electron chi connectivity index (χ2n) is 5.27. The van der Waals surface area contributed by atoms with Gasteiger partial charge in [-0.05, 0) is 30.5 Å². The van der Waals surface area contributed by atoms with Crippen molar-refractivity contribution in [3.8, 4) is 0 Å². The number of benzene rings is 2. The van der Waals surface area contributed by atoms with Crippen molar-refractivity contribution < 1.29 is 9.18 Å². The standard InChI is InChI=1S/C17H16FNO/c1-11-6-5-9-13(16(11)18)17(20)19-15-10-14(15)12-7-3-2-4-8-12/h2-9,14-15H,10H2,1H3,(H,19,20). The van der Waals surface area contributed by atoms with Gasteiger partial charge in [0.05, 0.1) is 5.56 Å². The Morgan fingerprint density at radius 2 is 1.90 bits per heavy atom. The Bertz CT molecular complexity index is 639. The van der Waals surface area contributed by atoms with Crippen LogP contribution in [0.2, 0.25) is 0 Å². The van der Waals surface area contributed by atoms with E-state index in [-0.39, 0.29) is 17.5 Å². The number of halogens is 1. The van der Waals surface area contributed by atoms with Gasteiger partial charge in [-0.1, -0.05) is 42.5 Å². The highest BCUT2D eigenvalue weighted by atomic mass is 19.1. The minimum Gasteiger partial charge on any atom is -0.349 e. The molecule has 102 valence electrons. The molecule has 0 aromatic heterocycles. The molecular formula is C17H16FNO. The summed E-state index contributed by atoms with van der Waals surface area (Å²) in [4.78, 5) is 12.1. The summed E-state index contributed by atoms with van der Waals surface area (Å²) in [5.74, 6) is -0.399. The van der Waals surface area contributed by atoms with E-state index in [1.807, 2.05) is 18.2 Å². The number of carbonyl (C=O) groups is 1. The summed E-state index contributed by atoms with van der Waals surface area (Å²) < 4.78 is 13.9. The van der Waals surface area contributed by atoms with Crippen molar-refractivity contribution in [2.75, 3.05) is 0 Å². The summed E-state index contributed by atoms with van der Waals surface area (Å²) in [6.07, 6.45) is 0.920. The monoisotopic (exact) mass is 269 g/mol. The molecule has 0 saturated heterocycles. The zero-order valence-corrected chi connectivity index (χ0v) is 11.3. The Hall–Kier alpha value is -2.16. The number of rotatable bonds is 3. The minimum absolute atomic E-state index is 0.116. The molecule has 1 N–H and O–H groups in total. The highest BCUT2D eigenvalue weighted by molar-refractivity contribution is 5.95. The highest BCUT2D eigenvalue weighted by Gasteiger charge is 2.39. The molecule has 2 unspecified atom stereocenters. The largest absolute Gasteiger partial charge is 0.349 e. The van der Waals surface area contributed by atoms with E-state index in [2.05, 4.69) is 17.4 Å². The fourth-order valence-corrected chi connectivity index (χ4v) is 2.49. The van der Waals surface area contributed by atoms with E-state index < -0.39 is 5.82 Å². The lowest BCUT2D eigenvalue weighted by atomic mass is 10.1. The van der Waals surface area contributed by atoms with Crippen molar-refractivity contribution in [3.63, 3.8) is 0 Å². The van der Waals surface area contributed by atoms with E-state index in [0.29, 0.717) is 11.5 Å². The minimum atomic E-state index is -0.429. The lowest BCUT2D eigenvalue weighted by Gasteiger charge is -2.07. The molecule has 0 aliphatic heterocycles. The third-order valence-electron chi connectivity index (χ3n) is 3.77. The van der Waals surface area contributed by atoms with E-state index in [9.17, 15) is 9.18 Å². The van der Waals surface area contributed by atoms with Gasteiger partial charge in [-0.15, -0.1) is 0 Å². The third-order valence-corrected chi connectivity index (χ3v) is 3.77. The molecule has 2 aromatic carbocycles. The number of aryl methyl sites for hydroxylation is 1. The van der Waals surface area contributed by atoms with E-state index >= 15 is 0 Å². The third kappa shape index (κ3) is 2.44. The second-order valence-corrected chi connectivity index (χ2v) is 5.27. The van der Waals surface area contributed by atoms with Crippen molar-refractivity contribution in [2.24, 2.45) is 0 Å². The molecule has 2 nitrogen and oxygen atoms in total. The molecule has 0 radical (unpaired) electrons. The highest BCUT2D eigenvalue weighted by Crippen LogP contribution is 2.40. The molecule has 1 aliphatic rings. The van der Waals surface area contributed by atoms with Crippen LogP contribution in [0.4, 0.5) is 4.39 Å². The number of hydrogen-bond acceptors (Lipinski definition) is 1. The maximum absolute atomic E-state index is 13.9. The predicted molar refractivity (Wildman–Crippen MR) is 76.2 cm³/mol. The summed E-state index contributed by atoms with van der Waals surface area (Å²) in [6, 6.07) is 15.1. The van der Waals surface area contributed by atoms with Crippen LogP contribution >= 0.6 is 0 Å². The molecule has 2 aromatic rings. The van der Waals surface area contributed by atoms with E-state index in [0.717, 1.165) is 6.42 Å². The van der Waals surface area contributed by atoms with Crippen molar-refractivity contribution in [1.82, 2.24) is 5.32 Å². The summed E-state index contributed by atoms with van der Waals surface area (Å²) in [5.41, 5.74) is 1.85. The normalized spacial score (nSPS) is 20.5. The van der Waals surface area contributed by atoms with Gasteiger partial charge in [0.25, 0.3) is 5.91 Å². The molecule has 1 amide bonds.